The SMILES string of the molecule is CC(NC(=O)c1ccc(Cl)cc1)C(=O)NCc1ccnc(N2CCOCC2)c1. The molecule has 0 spiro atoms. The summed E-state index contributed by atoms with van der Waals surface area (Å²) < 4.78 is 5.36. The zero-order valence-electron chi connectivity index (χ0n) is 15.7. The highest BCUT2D eigenvalue weighted by Gasteiger charge is 2.17. The van der Waals surface area contributed by atoms with Crippen molar-refractivity contribution in [2.75, 3.05) is 31.2 Å². The molecule has 2 N–H and O–H groups in total. The van der Waals surface area contributed by atoms with Crippen LogP contribution in [-0.2, 0) is 16.1 Å². The van der Waals surface area contributed by atoms with Crippen molar-refractivity contribution in [3.8, 4) is 0 Å². The van der Waals surface area contributed by atoms with E-state index in [0.717, 1.165) is 24.5 Å². The Morgan fingerprint density at radius 1 is 1.21 bits per heavy atom. The van der Waals surface area contributed by atoms with Crippen LogP contribution in [0.2, 0.25) is 5.02 Å². The molecule has 0 bridgehead atoms. The van der Waals surface area contributed by atoms with Gasteiger partial charge >= 0.3 is 0 Å². The molecule has 7 nitrogen and oxygen atoms in total. The van der Waals surface area contributed by atoms with Gasteiger partial charge in [0.1, 0.15) is 11.9 Å². The Morgan fingerprint density at radius 2 is 1.93 bits per heavy atom. The summed E-state index contributed by atoms with van der Waals surface area (Å²) >= 11 is 5.82. The number of nitrogens with one attached hydrogen (secondary N) is 2. The van der Waals surface area contributed by atoms with Crippen molar-refractivity contribution in [2.45, 2.75) is 19.5 Å². The van der Waals surface area contributed by atoms with E-state index >= 15 is 0 Å². The topological polar surface area (TPSA) is 83.6 Å². The van der Waals surface area contributed by atoms with Crippen LogP contribution in [0.25, 0.3) is 0 Å². The van der Waals surface area contributed by atoms with E-state index in [1.165, 1.54) is 0 Å². The molecule has 1 atom stereocenters. The molecule has 0 radical (unpaired) electrons. The Kier molecular flexibility index (Phi) is 6.84. The van der Waals surface area contributed by atoms with Gasteiger partial charge in [0.25, 0.3) is 5.91 Å². The third kappa shape index (κ3) is 5.43. The number of hydrogen-bond donors (Lipinski definition) is 2. The molecule has 3 rings (SSSR count). The average molecular weight is 403 g/mol. The van der Waals surface area contributed by atoms with E-state index in [1.807, 2.05) is 12.1 Å². The van der Waals surface area contributed by atoms with Gasteiger partial charge < -0.3 is 20.3 Å². The van der Waals surface area contributed by atoms with Gasteiger partial charge in [0.15, 0.2) is 0 Å². The smallest absolute Gasteiger partial charge is 0.251 e. The summed E-state index contributed by atoms with van der Waals surface area (Å²) in [6.07, 6.45) is 1.73. The fraction of sp³-hybridized carbons (Fsp3) is 0.350. The number of amides is 2. The van der Waals surface area contributed by atoms with Gasteiger partial charge in [0.2, 0.25) is 5.91 Å². The van der Waals surface area contributed by atoms with Gasteiger partial charge in [-0.15, -0.1) is 0 Å². The van der Waals surface area contributed by atoms with Crippen molar-refractivity contribution in [1.29, 1.82) is 0 Å². The first kappa shape index (κ1) is 20.1. The molecule has 1 unspecified atom stereocenters. The zero-order chi connectivity index (χ0) is 19.9. The van der Waals surface area contributed by atoms with Gasteiger partial charge in [-0.3, -0.25) is 9.59 Å². The summed E-state index contributed by atoms with van der Waals surface area (Å²) in [5.41, 5.74) is 1.40. The van der Waals surface area contributed by atoms with Gasteiger partial charge in [-0.25, -0.2) is 4.98 Å². The Balaban J connectivity index is 1.51. The predicted molar refractivity (Wildman–Crippen MR) is 107 cm³/mol. The van der Waals surface area contributed by atoms with Crippen molar-refractivity contribution in [3.63, 3.8) is 0 Å². The third-order valence-electron chi connectivity index (χ3n) is 4.46. The first-order valence-electron chi connectivity index (χ1n) is 9.14. The fourth-order valence-corrected chi connectivity index (χ4v) is 2.95. The lowest BCUT2D eigenvalue weighted by Crippen LogP contribution is -2.44. The second-order valence-corrected chi connectivity index (χ2v) is 6.98. The lowest BCUT2D eigenvalue weighted by atomic mass is 10.2. The zero-order valence-corrected chi connectivity index (χ0v) is 16.4. The molecule has 1 aliphatic heterocycles. The molecule has 1 aliphatic rings. The maximum Gasteiger partial charge on any atom is 0.251 e. The molecular formula is C20H23ClN4O3. The van der Waals surface area contributed by atoms with E-state index in [1.54, 1.807) is 37.4 Å². The Labute approximate surface area is 169 Å². The molecule has 1 aromatic heterocycles. The molecule has 0 saturated carbocycles. The monoisotopic (exact) mass is 402 g/mol. The number of hydrogen-bond acceptors (Lipinski definition) is 5. The predicted octanol–water partition coefficient (Wildman–Crippen LogP) is 2.01. The molecule has 1 aromatic carbocycles. The quantitative estimate of drug-likeness (QED) is 0.772. The number of benzene rings is 1. The van der Waals surface area contributed by atoms with Gasteiger partial charge in [0.05, 0.1) is 13.2 Å². The summed E-state index contributed by atoms with van der Waals surface area (Å²) in [5.74, 6) is 0.295. The highest BCUT2D eigenvalue weighted by atomic mass is 35.5. The third-order valence-corrected chi connectivity index (χ3v) is 4.71. The number of carbonyl (C=O) groups excluding carboxylic acids is 2. The van der Waals surface area contributed by atoms with Crippen LogP contribution in [0, 0.1) is 0 Å². The number of aromatic nitrogens is 1. The minimum Gasteiger partial charge on any atom is -0.378 e. The van der Waals surface area contributed by atoms with E-state index in [4.69, 9.17) is 16.3 Å². The van der Waals surface area contributed by atoms with E-state index < -0.39 is 6.04 Å². The number of carbonyl (C=O) groups is 2. The summed E-state index contributed by atoms with van der Waals surface area (Å²) in [6, 6.07) is 9.67. The van der Waals surface area contributed by atoms with E-state index in [0.29, 0.717) is 30.3 Å². The summed E-state index contributed by atoms with van der Waals surface area (Å²) in [5, 5.41) is 6.09. The maximum absolute atomic E-state index is 12.3. The Bertz CT molecular complexity index is 822. The minimum atomic E-state index is -0.663. The first-order valence-corrected chi connectivity index (χ1v) is 9.52. The number of nitrogens with zero attached hydrogens (tertiary/aromatic N) is 2. The summed E-state index contributed by atoms with van der Waals surface area (Å²) in [6.45, 7) is 4.99. The highest BCUT2D eigenvalue weighted by Crippen LogP contribution is 2.14. The lowest BCUT2D eigenvalue weighted by molar-refractivity contribution is -0.122. The molecule has 2 heterocycles. The lowest BCUT2D eigenvalue weighted by Gasteiger charge is -2.28. The van der Waals surface area contributed by atoms with Gasteiger partial charge in [-0.1, -0.05) is 11.6 Å². The van der Waals surface area contributed by atoms with Gasteiger partial charge in [-0.05, 0) is 48.9 Å². The first-order chi connectivity index (χ1) is 13.5. The van der Waals surface area contributed by atoms with Crippen LogP contribution in [0.4, 0.5) is 5.82 Å². The molecule has 2 amide bonds. The van der Waals surface area contributed by atoms with Crippen LogP contribution in [0.5, 0.6) is 0 Å². The van der Waals surface area contributed by atoms with Gasteiger partial charge in [-0.2, -0.15) is 0 Å². The molecule has 1 fully saturated rings. The molecule has 148 valence electrons. The molecule has 2 aromatic rings. The normalized spacial score (nSPS) is 15.0. The molecular weight excluding hydrogens is 380 g/mol. The molecule has 1 saturated heterocycles. The highest BCUT2D eigenvalue weighted by molar-refractivity contribution is 6.30. The van der Waals surface area contributed by atoms with E-state index in [-0.39, 0.29) is 11.8 Å². The number of ether oxygens (including phenoxy) is 1. The Hall–Kier alpha value is -2.64. The van der Waals surface area contributed by atoms with Crippen LogP contribution in [0.1, 0.15) is 22.8 Å². The second-order valence-electron chi connectivity index (χ2n) is 6.54. The average Bonchev–Trinajstić information content (AvgIpc) is 2.73. The summed E-state index contributed by atoms with van der Waals surface area (Å²) in [4.78, 5) is 31.1. The van der Waals surface area contributed by atoms with Crippen molar-refractivity contribution < 1.29 is 14.3 Å². The number of anilines is 1. The van der Waals surface area contributed by atoms with Crippen LogP contribution >= 0.6 is 11.6 Å². The summed E-state index contributed by atoms with van der Waals surface area (Å²) in [7, 11) is 0. The number of pyridine rings is 1. The van der Waals surface area contributed by atoms with Crippen molar-refractivity contribution in [3.05, 3.63) is 58.7 Å². The number of halogens is 1. The van der Waals surface area contributed by atoms with Crippen LogP contribution in [0.3, 0.4) is 0 Å². The molecule has 28 heavy (non-hydrogen) atoms. The molecule has 8 heteroatoms. The molecule has 0 aliphatic carbocycles. The second kappa shape index (κ2) is 9.52. The van der Waals surface area contributed by atoms with Crippen LogP contribution < -0.4 is 15.5 Å². The standard InChI is InChI=1S/C20H23ClN4O3/c1-14(24-20(27)16-2-4-17(21)5-3-16)19(26)23-13-15-6-7-22-18(12-15)25-8-10-28-11-9-25/h2-7,12,14H,8-11,13H2,1H3,(H,23,26)(H,24,27). The van der Waals surface area contributed by atoms with Crippen molar-refractivity contribution in [1.82, 2.24) is 15.6 Å². The van der Waals surface area contributed by atoms with Crippen LogP contribution in [-0.4, -0.2) is 49.1 Å². The largest absolute Gasteiger partial charge is 0.378 e. The minimum absolute atomic E-state index is 0.257. The van der Waals surface area contributed by atoms with Gasteiger partial charge in [0, 0.05) is 36.4 Å². The maximum atomic E-state index is 12.3. The fourth-order valence-electron chi connectivity index (χ4n) is 2.82. The van der Waals surface area contributed by atoms with Crippen molar-refractivity contribution >= 4 is 29.2 Å². The number of rotatable bonds is 6. The van der Waals surface area contributed by atoms with Crippen LogP contribution in [0.15, 0.2) is 42.6 Å². The van der Waals surface area contributed by atoms with Crippen molar-refractivity contribution in [2.24, 2.45) is 0 Å². The number of morpholine rings is 1. The van der Waals surface area contributed by atoms with E-state index in [2.05, 4.69) is 20.5 Å². The Morgan fingerprint density at radius 3 is 2.64 bits per heavy atom. The van der Waals surface area contributed by atoms with E-state index in [9.17, 15) is 9.59 Å².